The summed E-state index contributed by atoms with van der Waals surface area (Å²) in [6.45, 7) is 1.50. The van der Waals surface area contributed by atoms with Crippen molar-refractivity contribution in [1.29, 1.82) is 0 Å². The zero-order chi connectivity index (χ0) is 24.4. The molecule has 35 heavy (non-hydrogen) atoms. The van der Waals surface area contributed by atoms with Gasteiger partial charge in [0.2, 0.25) is 0 Å². The Balaban J connectivity index is 1.52. The molecule has 2 N–H and O–H groups in total. The van der Waals surface area contributed by atoms with Gasteiger partial charge in [-0.25, -0.2) is 4.99 Å². The first kappa shape index (κ1) is 23.4. The first-order valence-corrected chi connectivity index (χ1v) is 12.5. The number of amides is 1. The highest BCUT2D eigenvalue weighted by Gasteiger charge is 2.23. The Morgan fingerprint density at radius 2 is 1.97 bits per heavy atom. The molecule has 2 aliphatic rings. The van der Waals surface area contributed by atoms with E-state index in [1.807, 2.05) is 41.1 Å². The highest BCUT2D eigenvalue weighted by Crippen LogP contribution is 2.34. The summed E-state index contributed by atoms with van der Waals surface area (Å²) in [5.74, 6) is -0.747. The van der Waals surface area contributed by atoms with E-state index in [1.165, 1.54) is 17.7 Å². The van der Waals surface area contributed by atoms with Crippen LogP contribution >= 0.6 is 22.9 Å². The van der Waals surface area contributed by atoms with Gasteiger partial charge in [0.05, 0.1) is 31.0 Å². The largest absolute Gasteiger partial charge is 0.508 e. The Hall–Kier alpha value is -3.39. The summed E-state index contributed by atoms with van der Waals surface area (Å²) >= 11 is 7.92. The molecule has 8 heteroatoms. The maximum Gasteiger partial charge on any atom is 0.262 e. The maximum absolute atomic E-state index is 13.5. The molecule has 1 saturated heterocycles. The summed E-state index contributed by atoms with van der Waals surface area (Å²) in [5.41, 5.74) is 5.69. The van der Waals surface area contributed by atoms with Gasteiger partial charge in [-0.3, -0.25) is 4.79 Å². The lowest BCUT2D eigenvalue weighted by atomic mass is 9.96. The number of phenols is 2. The van der Waals surface area contributed by atoms with Crippen molar-refractivity contribution in [2.75, 3.05) is 18.1 Å². The van der Waals surface area contributed by atoms with Crippen LogP contribution in [0.25, 0.3) is 5.70 Å². The lowest BCUT2D eigenvalue weighted by Crippen LogP contribution is -2.30. The van der Waals surface area contributed by atoms with E-state index in [2.05, 4.69) is 11.1 Å². The Morgan fingerprint density at radius 3 is 2.71 bits per heavy atom. The third-order valence-electron chi connectivity index (χ3n) is 6.02. The number of aliphatic imine (C=N–C) groups is 1. The number of aromatic hydroxyl groups is 2. The third kappa shape index (κ3) is 5.03. The maximum atomic E-state index is 13.5. The SMILES string of the molecule is O=C(c1ccc(O)cc1O)N(Cc1ccsc1)c1ccc(C2=C3COCCC3=CCC(Cl)=N2)cc1. The Morgan fingerprint density at radius 1 is 1.14 bits per heavy atom. The van der Waals surface area contributed by atoms with Gasteiger partial charge in [0.25, 0.3) is 5.91 Å². The van der Waals surface area contributed by atoms with E-state index >= 15 is 0 Å². The molecule has 1 amide bonds. The van der Waals surface area contributed by atoms with Crippen molar-refractivity contribution in [1.82, 2.24) is 0 Å². The van der Waals surface area contributed by atoms with Gasteiger partial charge in [-0.15, -0.1) is 0 Å². The number of halogens is 1. The van der Waals surface area contributed by atoms with E-state index in [0.29, 0.717) is 37.0 Å². The van der Waals surface area contributed by atoms with Gasteiger partial charge < -0.3 is 19.8 Å². The van der Waals surface area contributed by atoms with Crippen LogP contribution in [0.1, 0.15) is 34.3 Å². The second-order valence-electron chi connectivity index (χ2n) is 8.32. The molecule has 0 radical (unpaired) electrons. The number of benzene rings is 2. The van der Waals surface area contributed by atoms with Crippen molar-refractivity contribution in [3.05, 3.63) is 93.2 Å². The van der Waals surface area contributed by atoms with E-state index < -0.39 is 0 Å². The Bertz CT molecular complexity index is 1340. The second kappa shape index (κ2) is 10.1. The number of hydrogen-bond acceptors (Lipinski definition) is 6. The van der Waals surface area contributed by atoms with E-state index in [-0.39, 0.29) is 23.0 Å². The van der Waals surface area contributed by atoms with Gasteiger partial charge in [-0.1, -0.05) is 29.8 Å². The fourth-order valence-corrected chi connectivity index (χ4v) is 5.04. The highest BCUT2D eigenvalue weighted by atomic mass is 35.5. The number of hydrogen-bond donors (Lipinski definition) is 2. The number of carbonyl (C=O) groups excluding carboxylic acids is 1. The van der Waals surface area contributed by atoms with E-state index in [4.69, 9.17) is 16.3 Å². The molecular weight excluding hydrogens is 484 g/mol. The smallest absolute Gasteiger partial charge is 0.262 e. The molecule has 1 fully saturated rings. The molecule has 178 valence electrons. The van der Waals surface area contributed by atoms with Gasteiger partial charge in [-0.05, 0) is 58.6 Å². The molecule has 0 atom stereocenters. The number of anilines is 1. The molecule has 2 aliphatic heterocycles. The number of phenolic OH excluding ortho intramolecular Hbond substituents is 2. The van der Waals surface area contributed by atoms with E-state index in [0.717, 1.165) is 34.9 Å². The van der Waals surface area contributed by atoms with Crippen molar-refractivity contribution in [2.24, 2.45) is 4.99 Å². The molecule has 0 saturated carbocycles. The summed E-state index contributed by atoms with van der Waals surface area (Å²) in [6.07, 6.45) is 3.55. The first-order valence-electron chi connectivity index (χ1n) is 11.2. The number of ether oxygens (including phenoxy) is 1. The molecule has 5 rings (SSSR count). The predicted molar refractivity (Wildman–Crippen MR) is 139 cm³/mol. The topological polar surface area (TPSA) is 82.4 Å². The molecule has 3 aromatic rings. The number of carbonyl (C=O) groups is 1. The van der Waals surface area contributed by atoms with Crippen molar-refractivity contribution in [2.45, 2.75) is 19.4 Å². The minimum atomic E-state index is -0.370. The lowest BCUT2D eigenvalue weighted by molar-refractivity contribution is 0.0982. The third-order valence-corrected chi connectivity index (χ3v) is 6.99. The predicted octanol–water partition coefficient (Wildman–Crippen LogP) is 6.11. The molecule has 2 aromatic carbocycles. The number of allylic oxidation sites excluding steroid dienone is 1. The molecule has 0 aliphatic carbocycles. The molecular formula is C27H23ClN2O4S. The van der Waals surface area contributed by atoms with Gasteiger partial charge in [0.15, 0.2) is 0 Å². The van der Waals surface area contributed by atoms with Crippen LogP contribution in [0.4, 0.5) is 5.69 Å². The van der Waals surface area contributed by atoms with Crippen LogP contribution in [0.15, 0.2) is 81.5 Å². The van der Waals surface area contributed by atoms with Crippen LogP contribution in [0, 0.1) is 0 Å². The molecule has 1 aromatic heterocycles. The molecule has 0 unspecified atom stereocenters. The summed E-state index contributed by atoms with van der Waals surface area (Å²) in [7, 11) is 0. The first-order chi connectivity index (χ1) is 17.0. The highest BCUT2D eigenvalue weighted by molar-refractivity contribution is 7.07. The number of rotatable bonds is 5. The van der Waals surface area contributed by atoms with Crippen LogP contribution in [0.3, 0.4) is 0 Å². The second-order valence-corrected chi connectivity index (χ2v) is 9.54. The van der Waals surface area contributed by atoms with Crippen molar-refractivity contribution < 1.29 is 19.7 Å². The van der Waals surface area contributed by atoms with Crippen LogP contribution in [0.5, 0.6) is 11.5 Å². The van der Waals surface area contributed by atoms with Crippen LogP contribution in [-0.4, -0.2) is 34.5 Å². The fourth-order valence-electron chi connectivity index (χ4n) is 4.22. The summed E-state index contributed by atoms with van der Waals surface area (Å²) in [4.78, 5) is 19.7. The van der Waals surface area contributed by atoms with Gasteiger partial charge >= 0.3 is 0 Å². The van der Waals surface area contributed by atoms with Crippen LogP contribution < -0.4 is 4.90 Å². The van der Waals surface area contributed by atoms with E-state index in [9.17, 15) is 15.0 Å². The zero-order valence-electron chi connectivity index (χ0n) is 18.8. The Kier molecular flexibility index (Phi) is 6.72. The number of fused-ring (bicyclic) bond motifs is 1. The van der Waals surface area contributed by atoms with Crippen LogP contribution in [0.2, 0.25) is 0 Å². The average molecular weight is 507 g/mol. The average Bonchev–Trinajstić information content (AvgIpc) is 3.32. The van der Waals surface area contributed by atoms with Gasteiger partial charge in [0.1, 0.15) is 16.7 Å². The molecule has 0 bridgehead atoms. The van der Waals surface area contributed by atoms with Gasteiger partial charge in [-0.2, -0.15) is 11.3 Å². The number of nitrogens with zero attached hydrogens (tertiary/aromatic N) is 2. The van der Waals surface area contributed by atoms with Crippen molar-refractivity contribution in [3.63, 3.8) is 0 Å². The lowest BCUT2D eigenvalue weighted by Gasteiger charge is -2.24. The summed E-state index contributed by atoms with van der Waals surface area (Å²) in [6, 6.07) is 13.5. The zero-order valence-corrected chi connectivity index (χ0v) is 20.4. The van der Waals surface area contributed by atoms with Crippen molar-refractivity contribution in [3.8, 4) is 11.5 Å². The summed E-state index contributed by atoms with van der Waals surface area (Å²) < 4.78 is 5.70. The normalized spacial score (nSPS) is 15.7. The summed E-state index contributed by atoms with van der Waals surface area (Å²) in [5, 5.41) is 24.4. The van der Waals surface area contributed by atoms with Gasteiger partial charge in [0, 0.05) is 29.3 Å². The van der Waals surface area contributed by atoms with Crippen molar-refractivity contribution >= 4 is 45.4 Å². The monoisotopic (exact) mass is 506 g/mol. The van der Waals surface area contributed by atoms with E-state index in [1.54, 1.807) is 16.2 Å². The number of thiophene rings is 1. The minimum absolute atomic E-state index is 0.106. The minimum Gasteiger partial charge on any atom is -0.508 e. The fraction of sp³-hybridized carbons (Fsp3) is 0.185. The quantitative estimate of drug-likeness (QED) is 0.437. The standard InChI is InChI=1S/C27H23ClN2O4S/c28-25-8-3-18-9-11-34-15-23(18)26(29-25)19-1-4-20(5-2-19)30(14-17-10-12-35-16-17)27(33)22-7-6-21(31)13-24(22)32/h1-7,10,12-13,16,31-32H,8-9,11,14-15H2. The molecule has 6 nitrogen and oxygen atoms in total. The molecule has 3 heterocycles. The molecule has 0 spiro atoms. The van der Waals surface area contributed by atoms with Crippen LogP contribution in [-0.2, 0) is 11.3 Å². The Labute approximate surface area is 212 Å².